The third kappa shape index (κ3) is 5.27. The Hall–Kier alpha value is -0.970. The molecule has 0 amide bonds. The monoisotopic (exact) mass is 305 g/mol. The average molecular weight is 306 g/mol. The van der Waals surface area contributed by atoms with Crippen molar-refractivity contribution in [3.63, 3.8) is 0 Å². The molecule has 0 bridgehead atoms. The third-order valence-electron chi connectivity index (χ3n) is 2.60. The van der Waals surface area contributed by atoms with Gasteiger partial charge in [0.05, 0.1) is 23.7 Å². The summed E-state index contributed by atoms with van der Waals surface area (Å²) in [6.45, 7) is 3.92. The Kier molecular flexibility index (Phi) is 6.99. The quantitative estimate of drug-likeness (QED) is 0.726. The first-order valence-corrected chi connectivity index (χ1v) is 6.70. The van der Waals surface area contributed by atoms with Gasteiger partial charge in [0.15, 0.2) is 5.75 Å². The molecule has 0 aliphatic carbocycles. The molecule has 19 heavy (non-hydrogen) atoms. The van der Waals surface area contributed by atoms with Gasteiger partial charge in [0, 0.05) is 6.54 Å². The molecule has 0 atom stereocenters. The highest BCUT2D eigenvalue weighted by atomic mass is 35.5. The molecule has 0 fully saturated rings. The number of para-hydroxylation sites is 1. The summed E-state index contributed by atoms with van der Waals surface area (Å²) in [6.07, 6.45) is 0. The minimum absolute atomic E-state index is 0.243. The lowest BCUT2D eigenvalue weighted by atomic mass is 10.3. The largest absolute Gasteiger partial charge is 0.489 e. The van der Waals surface area contributed by atoms with E-state index in [-0.39, 0.29) is 12.5 Å². The van der Waals surface area contributed by atoms with Crippen molar-refractivity contribution < 1.29 is 14.3 Å². The Morgan fingerprint density at radius 1 is 1.32 bits per heavy atom. The number of carbonyl (C=O) groups excluding carboxylic acids is 1. The highest BCUT2D eigenvalue weighted by Gasteiger charge is 2.10. The van der Waals surface area contributed by atoms with E-state index in [9.17, 15) is 4.79 Å². The van der Waals surface area contributed by atoms with Gasteiger partial charge in [-0.2, -0.15) is 0 Å². The summed E-state index contributed by atoms with van der Waals surface area (Å²) in [7, 11) is 1.37. The van der Waals surface area contributed by atoms with Gasteiger partial charge in [0.1, 0.15) is 6.61 Å². The van der Waals surface area contributed by atoms with Gasteiger partial charge in [0.25, 0.3) is 0 Å². The Morgan fingerprint density at radius 2 is 1.95 bits per heavy atom. The fourth-order valence-electron chi connectivity index (χ4n) is 1.49. The maximum absolute atomic E-state index is 11.2. The van der Waals surface area contributed by atoms with Crippen LogP contribution in [0.3, 0.4) is 0 Å². The van der Waals surface area contributed by atoms with Crippen molar-refractivity contribution >= 4 is 29.2 Å². The molecule has 0 aromatic heterocycles. The molecule has 1 aromatic carbocycles. The lowest BCUT2D eigenvalue weighted by Gasteiger charge is -2.19. The van der Waals surface area contributed by atoms with E-state index < -0.39 is 0 Å². The van der Waals surface area contributed by atoms with Crippen molar-refractivity contribution in [1.29, 1.82) is 0 Å². The number of likely N-dealkylation sites (N-methyl/N-ethyl adjacent to an activating group) is 1. The molecule has 0 unspecified atom stereocenters. The van der Waals surface area contributed by atoms with Crippen LogP contribution in [0.15, 0.2) is 18.2 Å². The van der Waals surface area contributed by atoms with Gasteiger partial charge in [-0.25, -0.2) is 0 Å². The van der Waals surface area contributed by atoms with Crippen molar-refractivity contribution in [2.45, 2.75) is 6.92 Å². The smallest absolute Gasteiger partial charge is 0.319 e. The summed E-state index contributed by atoms with van der Waals surface area (Å²) >= 11 is 12.0. The van der Waals surface area contributed by atoms with Crippen molar-refractivity contribution in [2.75, 3.05) is 33.4 Å². The molecule has 0 saturated carbocycles. The Morgan fingerprint density at radius 3 is 2.47 bits per heavy atom. The van der Waals surface area contributed by atoms with Crippen LogP contribution < -0.4 is 4.74 Å². The van der Waals surface area contributed by atoms with Crippen molar-refractivity contribution in [3.8, 4) is 5.75 Å². The second-order valence-electron chi connectivity index (χ2n) is 3.84. The van der Waals surface area contributed by atoms with Crippen LogP contribution >= 0.6 is 23.2 Å². The van der Waals surface area contributed by atoms with E-state index in [2.05, 4.69) is 4.74 Å². The van der Waals surface area contributed by atoms with Crippen LogP contribution in [0.1, 0.15) is 6.92 Å². The molecule has 0 aliphatic rings. The van der Waals surface area contributed by atoms with E-state index in [1.165, 1.54) is 7.11 Å². The highest BCUT2D eigenvalue weighted by Crippen LogP contribution is 2.32. The number of carbonyl (C=O) groups is 1. The zero-order valence-electron chi connectivity index (χ0n) is 11.0. The zero-order valence-corrected chi connectivity index (χ0v) is 12.5. The van der Waals surface area contributed by atoms with E-state index in [4.69, 9.17) is 27.9 Å². The standard InChI is InChI=1S/C13H17Cl2NO3/c1-3-16(9-12(17)18-2)7-8-19-13-10(14)5-4-6-11(13)15/h4-6H,3,7-9H2,1-2H3. The number of hydrogen-bond donors (Lipinski definition) is 0. The Bertz CT molecular complexity index is 406. The molecular formula is C13H17Cl2NO3. The highest BCUT2D eigenvalue weighted by molar-refractivity contribution is 6.37. The van der Waals surface area contributed by atoms with E-state index >= 15 is 0 Å². The molecule has 106 valence electrons. The zero-order chi connectivity index (χ0) is 14.3. The average Bonchev–Trinajstić information content (AvgIpc) is 2.40. The molecule has 0 aliphatic heterocycles. The SMILES string of the molecule is CCN(CCOc1c(Cl)cccc1Cl)CC(=O)OC. The first-order valence-electron chi connectivity index (χ1n) is 5.94. The number of esters is 1. The van der Waals surface area contributed by atoms with Gasteiger partial charge in [-0.15, -0.1) is 0 Å². The van der Waals surface area contributed by atoms with E-state index in [0.717, 1.165) is 6.54 Å². The summed E-state index contributed by atoms with van der Waals surface area (Å²) < 4.78 is 10.2. The predicted molar refractivity (Wildman–Crippen MR) is 76.1 cm³/mol. The van der Waals surface area contributed by atoms with Crippen LogP contribution in [-0.2, 0) is 9.53 Å². The first kappa shape index (κ1) is 16.1. The lowest BCUT2D eigenvalue weighted by molar-refractivity contribution is -0.141. The van der Waals surface area contributed by atoms with Crippen molar-refractivity contribution in [2.24, 2.45) is 0 Å². The van der Waals surface area contributed by atoms with Crippen LogP contribution in [0.25, 0.3) is 0 Å². The van der Waals surface area contributed by atoms with Crippen LogP contribution in [0, 0.1) is 0 Å². The fraction of sp³-hybridized carbons (Fsp3) is 0.462. The molecular weight excluding hydrogens is 289 g/mol. The molecule has 0 radical (unpaired) electrons. The number of rotatable bonds is 7. The second kappa shape index (κ2) is 8.25. The molecule has 0 saturated heterocycles. The van der Waals surface area contributed by atoms with E-state index in [1.54, 1.807) is 18.2 Å². The Labute approximate surface area is 123 Å². The lowest BCUT2D eigenvalue weighted by Crippen LogP contribution is -2.33. The topological polar surface area (TPSA) is 38.8 Å². The minimum Gasteiger partial charge on any atom is -0.489 e. The maximum Gasteiger partial charge on any atom is 0.319 e. The van der Waals surface area contributed by atoms with Crippen molar-refractivity contribution in [1.82, 2.24) is 4.90 Å². The van der Waals surface area contributed by atoms with Gasteiger partial charge in [-0.3, -0.25) is 9.69 Å². The van der Waals surface area contributed by atoms with Gasteiger partial charge >= 0.3 is 5.97 Å². The summed E-state index contributed by atoms with van der Waals surface area (Å²) in [4.78, 5) is 13.1. The molecule has 1 rings (SSSR count). The van der Waals surface area contributed by atoms with Crippen LogP contribution in [0.5, 0.6) is 5.75 Å². The maximum atomic E-state index is 11.2. The second-order valence-corrected chi connectivity index (χ2v) is 4.66. The van der Waals surface area contributed by atoms with E-state index in [0.29, 0.717) is 28.9 Å². The number of ether oxygens (including phenoxy) is 2. The minimum atomic E-state index is -0.266. The van der Waals surface area contributed by atoms with Gasteiger partial charge < -0.3 is 9.47 Å². The van der Waals surface area contributed by atoms with Crippen LogP contribution in [0.4, 0.5) is 0 Å². The van der Waals surface area contributed by atoms with Gasteiger partial charge in [-0.05, 0) is 18.7 Å². The van der Waals surface area contributed by atoms with Gasteiger partial charge in [0.2, 0.25) is 0 Å². The fourth-order valence-corrected chi connectivity index (χ4v) is 2.00. The molecule has 0 heterocycles. The molecule has 1 aromatic rings. The summed E-state index contributed by atoms with van der Waals surface area (Å²) in [5, 5.41) is 0.951. The molecule has 4 nitrogen and oxygen atoms in total. The summed E-state index contributed by atoms with van der Waals surface area (Å²) in [5.41, 5.74) is 0. The first-order chi connectivity index (χ1) is 9.08. The van der Waals surface area contributed by atoms with Crippen molar-refractivity contribution in [3.05, 3.63) is 28.2 Å². The third-order valence-corrected chi connectivity index (χ3v) is 3.20. The van der Waals surface area contributed by atoms with Crippen LogP contribution in [0.2, 0.25) is 10.0 Å². The normalized spacial score (nSPS) is 10.6. The molecule has 0 N–H and O–H groups in total. The molecule has 0 spiro atoms. The molecule has 6 heteroatoms. The number of halogens is 2. The number of nitrogens with zero attached hydrogens (tertiary/aromatic N) is 1. The summed E-state index contributed by atoms with van der Waals surface area (Å²) in [6, 6.07) is 5.19. The summed E-state index contributed by atoms with van der Waals surface area (Å²) in [5.74, 6) is 0.206. The predicted octanol–water partition coefficient (Wildman–Crippen LogP) is 2.87. The van der Waals surface area contributed by atoms with Crippen LogP contribution in [-0.4, -0.2) is 44.2 Å². The van der Waals surface area contributed by atoms with E-state index in [1.807, 2.05) is 11.8 Å². The number of hydrogen-bond acceptors (Lipinski definition) is 4. The Balaban J connectivity index is 2.46. The number of benzene rings is 1. The number of methoxy groups -OCH3 is 1. The van der Waals surface area contributed by atoms with Gasteiger partial charge in [-0.1, -0.05) is 36.2 Å².